The molecule has 0 amide bonds. The van der Waals surface area contributed by atoms with Crippen LogP contribution >= 0.6 is 0 Å². The monoisotopic (exact) mass is 367 g/mol. The molecule has 2 aromatic heterocycles. The molecule has 0 spiro atoms. The van der Waals surface area contributed by atoms with Gasteiger partial charge >= 0.3 is 5.97 Å². The van der Waals surface area contributed by atoms with Crippen LogP contribution in [0.1, 0.15) is 10.5 Å². The van der Waals surface area contributed by atoms with Crippen molar-refractivity contribution in [2.45, 2.75) is 32.4 Å². The summed E-state index contributed by atoms with van der Waals surface area (Å²) in [7, 11) is 0.192. The first kappa shape index (κ1) is 19.1. The highest BCUT2D eigenvalue weighted by molar-refractivity contribution is 6.76. The van der Waals surface area contributed by atoms with Gasteiger partial charge in [-0.2, -0.15) is 5.10 Å². The molecule has 0 saturated heterocycles. The summed E-state index contributed by atoms with van der Waals surface area (Å²) in [6, 6.07) is 2.33. The van der Waals surface area contributed by atoms with E-state index >= 15 is 0 Å². The van der Waals surface area contributed by atoms with Gasteiger partial charge in [0.25, 0.3) is 0 Å². The Kier molecular flexibility index (Phi) is 5.91. The maximum absolute atomic E-state index is 14.1. The summed E-state index contributed by atoms with van der Waals surface area (Å²) in [5.74, 6) is -1.71. The minimum atomic E-state index is -1.24. The maximum atomic E-state index is 14.1. The molecule has 0 radical (unpaired) electrons. The fourth-order valence-electron chi connectivity index (χ4n) is 2.12. The van der Waals surface area contributed by atoms with Crippen LogP contribution in [0.15, 0.2) is 18.5 Å². The first-order valence-corrected chi connectivity index (χ1v) is 11.5. The Balaban J connectivity index is 2.24. The van der Waals surface area contributed by atoms with Gasteiger partial charge in [0.1, 0.15) is 12.5 Å². The van der Waals surface area contributed by atoms with Crippen molar-refractivity contribution in [2.24, 2.45) is 0 Å². The molecule has 25 heavy (non-hydrogen) atoms. The third-order valence-electron chi connectivity index (χ3n) is 3.51. The van der Waals surface area contributed by atoms with Crippen LogP contribution in [0, 0.1) is 5.82 Å². The molecule has 136 valence electrons. The first-order valence-electron chi connectivity index (χ1n) is 7.79. The lowest BCUT2D eigenvalue weighted by Gasteiger charge is -2.15. The van der Waals surface area contributed by atoms with Crippen LogP contribution in [0.25, 0.3) is 11.1 Å². The molecule has 1 N–H and O–H groups in total. The van der Waals surface area contributed by atoms with Crippen molar-refractivity contribution in [2.75, 3.05) is 13.7 Å². The summed E-state index contributed by atoms with van der Waals surface area (Å²) < 4.78 is 26.0. The molecule has 2 rings (SSSR count). The van der Waals surface area contributed by atoms with Crippen LogP contribution in [0.3, 0.4) is 0 Å². The summed E-state index contributed by atoms with van der Waals surface area (Å²) in [6.45, 7) is 7.40. The van der Waals surface area contributed by atoms with Crippen LogP contribution in [-0.2, 0) is 11.5 Å². The normalized spacial score (nSPS) is 11.6. The van der Waals surface area contributed by atoms with Crippen LogP contribution in [0.2, 0.25) is 25.7 Å². The number of pyridine rings is 1. The van der Waals surface area contributed by atoms with Crippen LogP contribution < -0.4 is 4.74 Å². The van der Waals surface area contributed by atoms with E-state index in [-0.39, 0.29) is 29.4 Å². The van der Waals surface area contributed by atoms with E-state index in [2.05, 4.69) is 29.7 Å². The fraction of sp³-hybridized carbons (Fsp3) is 0.438. The van der Waals surface area contributed by atoms with Crippen LogP contribution in [-0.4, -0.2) is 47.6 Å². The predicted octanol–water partition coefficient (Wildman–Crippen LogP) is 3.10. The number of rotatable bonds is 8. The van der Waals surface area contributed by atoms with E-state index in [1.54, 1.807) is 0 Å². The van der Waals surface area contributed by atoms with E-state index in [0.29, 0.717) is 6.61 Å². The lowest BCUT2D eigenvalue weighted by Crippen LogP contribution is -2.22. The Labute approximate surface area is 146 Å². The van der Waals surface area contributed by atoms with Gasteiger partial charge in [0, 0.05) is 38.1 Å². The van der Waals surface area contributed by atoms with Gasteiger partial charge in [-0.3, -0.25) is 0 Å². The van der Waals surface area contributed by atoms with E-state index < -0.39 is 19.9 Å². The summed E-state index contributed by atoms with van der Waals surface area (Å²) >= 11 is 0. The van der Waals surface area contributed by atoms with E-state index in [0.717, 1.165) is 12.2 Å². The number of hydrogen-bond donors (Lipinski definition) is 1. The van der Waals surface area contributed by atoms with Crippen molar-refractivity contribution in [3.8, 4) is 17.0 Å². The Hall–Kier alpha value is -2.26. The van der Waals surface area contributed by atoms with E-state index in [1.807, 2.05) is 0 Å². The molecule has 0 aromatic carbocycles. The SMILES string of the molecule is COc1cc(-c2cn(COCC[Si](C)(C)C)nc2C(=O)O)c(F)cn1. The van der Waals surface area contributed by atoms with Gasteiger partial charge in [0.05, 0.1) is 13.3 Å². The smallest absolute Gasteiger partial charge is 0.357 e. The largest absolute Gasteiger partial charge is 0.481 e. The third kappa shape index (κ3) is 5.10. The first-order chi connectivity index (χ1) is 11.7. The number of carboxylic acid groups (broad SMARTS) is 1. The molecule has 9 heteroatoms. The zero-order valence-corrected chi connectivity index (χ0v) is 15.7. The second-order valence-corrected chi connectivity index (χ2v) is 12.4. The predicted molar refractivity (Wildman–Crippen MR) is 93.0 cm³/mol. The second-order valence-electron chi connectivity index (χ2n) is 6.79. The number of methoxy groups -OCH3 is 1. The summed E-state index contributed by atoms with van der Waals surface area (Å²) in [5, 5.41) is 13.3. The fourth-order valence-corrected chi connectivity index (χ4v) is 2.87. The average Bonchev–Trinajstić information content (AvgIpc) is 2.95. The Morgan fingerprint density at radius 2 is 2.08 bits per heavy atom. The number of carboxylic acids is 1. The van der Waals surface area contributed by atoms with Crippen molar-refractivity contribution in [1.82, 2.24) is 14.8 Å². The zero-order valence-electron chi connectivity index (χ0n) is 14.7. The third-order valence-corrected chi connectivity index (χ3v) is 5.22. The number of carbonyl (C=O) groups is 1. The van der Waals surface area contributed by atoms with Gasteiger partial charge in [-0.05, 0) is 6.04 Å². The highest BCUT2D eigenvalue weighted by atomic mass is 28.3. The molecule has 0 saturated carbocycles. The molecule has 0 fully saturated rings. The summed E-state index contributed by atoms with van der Waals surface area (Å²) in [4.78, 5) is 15.2. The molecule has 7 nitrogen and oxygen atoms in total. The van der Waals surface area contributed by atoms with Crippen molar-refractivity contribution >= 4 is 14.0 Å². The minimum Gasteiger partial charge on any atom is -0.481 e. The van der Waals surface area contributed by atoms with Gasteiger partial charge in [-0.1, -0.05) is 19.6 Å². The minimum absolute atomic E-state index is 0.0672. The molecule has 0 atom stereocenters. The number of nitrogens with zero attached hydrogens (tertiary/aromatic N) is 3. The van der Waals surface area contributed by atoms with Crippen molar-refractivity contribution < 1.29 is 23.8 Å². The molecule has 2 aromatic rings. The van der Waals surface area contributed by atoms with Crippen molar-refractivity contribution in [3.63, 3.8) is 0 Å². The average molecular weight is 367 g/mol. The van der Waals surface area contributed by atoms with E-state index in [9.17, 15) is 14.3 Å². The van der Waals surface area contributed by atoms with Crippen molar-refractivity contribution in [3.05, 3.63) is 30.0 Å². The molecule has 0 bridgehead atoms. The lowest BCUT2D eigenvalue weighted by atomic mass is 10.1. The summed E-state index contributed by atoms with van der Waals surface area (Å²) in [6.07, 6.45) is 2.44. The Morgan fingerprint density at radius 1 is 1.36 bits per heavy atom. The number of aromatic carboxylic acids is 1. The van der Waals surface area contributed by atoms with E-state index in [4.69, 9.17) is 9.47 Å². The number of aromatic nitrogens is 3. The second kappa shape index (κ2) is 7.75. The maximum Gasteiger partial charge on any atom is 0.357 e. The molecule has 0 aliphatic carbocycles. The topological polar surface area (TPSA) is 86.5 Å². The molecular formula is C16H22FN3O4Si. The number of halogens is 1. The van der Waals surface area contributed by atoms with Gasteiger partial charge in [0.15, 0.2) is 5.69 Å². The molecule has 0 aliphatic rings. The number of hydrogen-bond acceptors (Lipinski definition) is 5. The summed E-state index contributed by atoms with van der Waals surface area (Å²) in [5.41, 5.74) is -0.0296. The standard InChI is InChI=1S/C16H22FN3O4Si/c1-23-14-7-11(13(17)8-18-14)12-9-20(19-15(12)16(21)22)10-24-5-6-25(2,3)4/h7-9H,5-6,10H2,1-4H3,(H,21,22). The lowest BCUT2D eigenvalue weighted by molar-refractivity contribution is 0.0672. The van der Waals surface area contributed by atoms with Crippen LogP contribution in [0.5, 0.6) is 5.88 Å². The van der Waals surface area contributed by atoms with Gasteiger partial charge < -0.3 is 14.6 Å². The van der Waals surface area contributed by atoms with Gasteiger partial charge in [0.2, 0.25) is 5.88 Å². The Morgan fingerprint density at radius 3 is 2.68 bits per heavy atom. The molecule has 2 heterocycles. The zero-order chi connectivity index (χ0) is 18.6. The quantitative estimate of drug-likeness (QED) is 0.570. The van der Waals surface area contributed by atoms with Gasteiger partial charge in [-0.25, -0.2) is 18.9 Å². The highest BCUT2D eigenvalue weighted by Crippen LogP contribution is 2.28. The van der Waals surface area contributed by atoms with Crippen LogP contribution in [0.4, 0.5) is 4.39 Å². The Bertz CT molecular complexity index is 758. The van der Waals surface area contributed by atoms with Crippen molar-refractivity contribution in [1.29, 1.82) is 0 Å². The molecule has 0 aliphatic heterocycles. The van der Waals surface area contributed by atoms with Gasteiger partial charge in [-0.15, -0.1) is 0 Å². The molecular weight excluding hydrogens is 345 g/mol. The van der Waals surface area contributed by atoms with E-state index in [1.165, 1.54) is 24.1 Å². The molecule has 0 unspecified atom stereocenters. The number of ether oxygens (including phenoxy) is 2. The highest BCUT2D eigenvalue weighted by Gasteiger charge is 2.21.